The second-order valence-electron chi connectivity index (χ2n) is 4.44. The Balaban J connectivity index is 2.12. The van der Waals surface area contributed by atoms with E-state index in [4.69, 9.17) is 0 Å². The molecule has 3 heteroatoms. The Morgan fingerprint density at radius 3 is 2.47 bits per heavy atom. The monoisotopic (exact) mass is 212 g/mol. The van der Waals surface area contributed by atoms with Crippen molar-refractivity contribution >= 4 is 6.03 Å². The molecule has 1 saturated carbocycles. The van der Waals surface area contributed by atoms with Crippen molar-refractivity contribution in [3.05, 3.63) is 0 Å². The van der Waals surface area contributed by atoms with Crippen molar-refractivity contribution in [1.82, 2.24) is 10.6 Å². The molecule has 3 nitrogen and oxygen atoms in total. The summed E-state index contributed by atoms with van der Waals surface area (Å²) in [5.74, 6) is 0. The summed E-state index contributed by atoms with van der Waals surface area (Å²) in [6.45, 7) is 2.93. The molecule has 0 atom stereocenters. The van der Waals surface area contributed by atoms with E-state index in [0.717, 1.165) is 32.2 Å². The van der Waals surface area contributed by atoms with Gasteiger partial charge in [0.25, 0.3) is 0 Å². The van der Waals surface area contributed by atoms with Crippen LogP contribution in [-0.4, -0.2) is 18.6 Å². The average Bonchev–Trinajstić information content (AvgIpc) is 2.47. The van der Waals surface area contributed by atoms with Crippen molar-refractivity contribution in [3.63, 3.8) is 0 Å². The van der Waals surface area contributed by atoms with Gasteiger partial charge < -0.3 is 10.6 Å². The van der Waals surface area contributed by atoms with Crippen molar-refractivity contribution in [3.8, 4) is 0 Å². The molecule has 2 amide bonds. The Kier molecular flexibility index (Phi) is 6.21. The number of carbonyl (C=O) groups excluding carboxylic acids is 1. The lowest BCUT2D eigenvalue weighted by Gasteiger charge is -2.16. The third-order valence-corrected chi connectivity index (χ3v) is 3.01. The van der Waals surface area contributed by atoms with Crippen LogP contribution < -0.4 is 10.6 Å². The van der Waals surface area contributed by atoms with Gasteiger partial charge in [0.1, 0.15) is 0 Å². The lowest BCUT2D eigenvalue weighted by molar-refractivity contribution is 0.235. The molecule has 1 rings (SSSR count). The van der Waals surface area contributed by atoms with Crippen LogP contribution in [0.2, 0.25) is 0 Å². The first-order valence-electron chi connectivity index (χ1n) is 6.37. The number of hydrogen-bond acceptors (Lipinski definition) is 1. The van der Waals surface area contributed by atoms with Crippen LogP contribution >= 0.6 is 0 Å². The van der Waals surface area contributed by atoms with Gasteiger partial charge in [0.05, 0.1) is 0 Å². The number of nitrogens with one attached hydrogen (secondary N) is 2. The molecule has 0 radical (unpaired) electrons. The summed E-state index contributed by atoms with van der Waals surface area (Å²) in [5, 5.41) is 5.97. The Bertz CT molecular complexity index is 174. The Labute approximate surface area is 93.0 Å². The fourth-order valence-corrected chi connectivity index (χ4v) is 2.04. The maximum Gasteiger partial charge on any atom is 0.315 e. The van der Waals surface area contributed by atoms with Gasteiger partial charge in [-0.15, -0.1) is 0 Å². The van der Waals surface area contributed by atoms with Crippen LogP contribution in [0.1, 0.15) is 58.3 Å². The van der Waals surface area contributed by atoms with Crippen molar-refractivity contribution in [2.75, 3.05) is 6.54 Å². The summed E-state index contributed by atoms with van der Waals surface area (Å²) in [4.78, 5) is 11.5. The normalized spacial score (nSPS) is 18.2. The highest BCUT2D eigenvalue weighted by atomic mass is 16.2. The quantitative estimate of drug-likeness (QED) is 0.546. The van der Waals surface area contributed by atoms with Crippen LogP contribution in [0.4, 0.5) is 4.79 Å². The summed E-state index contributed by atoms with van der Waals surface area (Å²) in [5.41, 5.74) is 0. The first-order chi connectivity index (χ1) is 7.33. The van der Waals surface area contributed by atoms with E-state index >= 15 is 0 Å². The molecule has 2 N–H and O–H groups in total. The van der Waals surface area contributed by atoms with E-state index in [9.17, 15) is 4.79 Å². The van der Waals surface area contributed by atoms with Gasteiger partial charge >= 0.3 is 6.03 Å². The summed E-state index contributed by atoms with van der Waals surface area (Å²) in [6.07, 6.45) is 9.69. The molecule has 0 saturated heterocycles. The minimum absolute atomic E-state index is 0.0235. The zero-order chi connectivity index (χ0) is 10.9. The highest BCUT2D eigenvalue weighted by Gasteiger charge is 2.13. The standard InChI is InChI=1S/C12H24N2O/c1-2-3-10-13-12(15)14-11-8-6-4-5-7-9-11/h11H,2-10H2,1H3,(H2,13,14,15). The summed E-state index contributed by atoms with van der Waals surface area (Å²) >= 11 is 0. The molecule has 88 valence electrons. The molecule has 0 aliphatic heterocycles. The van der Waals surface area contributed by atoms with E-state index < -0.39 is 0 Å². The van der Waals surface area contributed by atoms with Gasteiger partial charge in [-0.3, -0.25) is 0 Å². The van der Waals surface area contributed by atoms with Crippen LogP contribution in [0.3, 0.4) is 0 Å². The van der Waals surface area contributed by atoms with E-state index in [2.05, 4.69) is 17.6 Å². The van der Waals surface area contributed by atoms with Crippen LogP contribution in [0.15, 0.2) is 0 Å². The first kappa shape index (κ1) is 12.3. The zero-order valence-electron chi connectivity index (χ0n) is 9.85. The molecule has 0 aromatic rings. The second kappa shape index (κ2) is 7.55. The third-order valence-electron chi connectivity index (χ3n) is 3.01. The number of rotatable bonds is 4. The largest absolute Gasteiger partial charge is 0.338 e. The predicted octanol–water partition coefficient (Wildman–Crippen LogP) is 2.81. The number of amides is 2. The van der Waals surface area contributed by atoms with Gasteiger partial charge in [0.15, 0.2) is 0 Å². The van der Waals surface area contributed by atoms with Gasteiger partial charge in [0, 0.05) is 12.6 Å². The van der Waals surface area contributed by atoms with Gasteiger partial charge in [-0.1, -0.05) is 39.0 Å². The number of urea groups is 1. The molecule has 0 spiro atoms. The van der Waals surface area contributed by atoms with Crippen molar-refractivity contribution in [1.29, 1.82) is 0 Å². The SMILES string of the molecule is CCCCNC(=O)NC1CCCCCC1. The fourth-order valence-electron chi connectivity index (χ4n) is 2.04. The lowest BCUT2D eigenvalue weighted by Crippen LogP contribution is -2.42. The highest BCUT2D eigenvalue weighted by molar-refractivity contribution is 5.74. The molecular weight excluding hydrogens is 188 g/mol. The predicted molar refractivity (Wildman–Crippen MR) is 62.9 cm³/mol. The smallest absolute Gasteiger partial charge is 0.315 e. The van der Waals surface area contributed by atoms with Gasteiger partial charge in [-0.25, -0.2) is 4.79 Å². The summed E-state index contributed by atoms with van der Waals surface area (Å²) < 4.78 is 0. The minimum atomic E-state index is 0.0235. The highest BCUT2D eigenvalue weighted by Crippen LogP contribution is 2.16. The van der Waals surface area contributed by atoms with Gasteiger partial charge in [-0.2, -0.15) is 0 Å². The van der Waals surface area contributed by atoms with E-state index in [1.54, 1.807) is 0 Å². The molecule has 0 bridgehead atoms. The van der Waals surface area contributed by atoms with E-state index in [1.807, 2.05) is 0 Å². The van der Waals surface area contributed by atoms with Gasteiger partial charge in [0.2, 0.25) is 0 Å². The molecule has 0 aromatic heterocycles. The van der Waals surface area contributed by atoms with Crippen LogP contribution in [0, 0.1) is 0 Å². The number of carbonyl (C=O) groups is 1. The van der Waals surface area contributed by atoms with Crippen LogP contribution in [0.5, 0.6) is 0 Å². The lowest BCUT2D eigenvalue weighted by atomic mass is 10.1. The molecule has 0 unspecified atom stereocenters. The third kappa shape index (κ3) is 5.65. The van der Waals surface area contributed by atoms with Gasteiger partial charge in [-0.05, 0) is 19.3 Å². The van der Waals surface area contributed by atoms with Crippen molar-refractivity contribution in [2.24, 2.45) is 0 Å². The van der Waals surface area contributed by atoms with E-state index in [-0.39, 0.29) is 6.03 Å². The van der Waals surface area contributed by atoms with Crippen molar-refractivity contribution < 1.29 is 4.79 Å². The maximum atomic E-state index is 11.5. The molecule has 1 fully saturated rings. The summed E-state index contributed by atoms with van der Waals surface area (Å²) in [6, 6.07) is 0.435. The maximum absolute atomic E-state index is 11.5. The Morgan fingerprint density at radius 1 is 1.20 bits per heavy atom. The fraction of sp³-hybridized carbons (Fsp3) is 0.917. The average molecular weight is 212 g/mol. The molecular formula is C12H24N2O. The molecule has 1 aliphatic carbocycles. The van der Waals surface area contributed by atoms with Crippen LogP contribution in [-0.2, 0) is 0 Å². The summed E-state index contributed by atoms with van der Waals surface area (Å²) in [7, 11) is 0. The van der Waals surface area contributed by atoms with E-state index in [0.29, 0.717) is 6.04 Å². The molecule has 15 heavy (non-hydrogen) atoms. The number of hydrogen-bond donors (Lipinski definition) is 2. The molecule has 0 heterocycles. The first-order valence-corrected chi connectivity index (χ1v) is 6.37. The van der Waals surface area contributed by atoms with Crippen molar-refractivity contribution in [2.45, 2.75) is 64.3 Å². The second-order valence-corrected chi connectivity index (χ2v) is 4.44. The minimum Gasteiger partial charge on any atom is -0.338 e. The van der Waals surface area contributed by atoms with E-state index in [1.165, 1.54) is 25.7 Å². The zero-order valence-corrected chi connectivity index (χ0v) is 9.85. The topological polar surface area (TPSA) is 41.1 Å². The van der Waals surface area contributed by atoms with Crippen LogP contribution in [0.25, 0.3) is 0 Å². The molecule has 1 aliphatic rings. The molecule has 0 aromatic carbocycles. The Hall–Kier alpha value is -0.730. The Morgan fingerprint density at radius 2 is 1.87 bits per heavy atom. The number of unbranched alkanes of at least 4 members (excludes halogenated alkanes) is 1.